The van der Waals surface area contributed by atoms with Gasteiger partial charge in [-0.15, -0.1) is 0 Å². The van der Waals surface area contributed by atoms with E-state index >= 15 is 0 Å². The summed E-state index contributed by atoms with van der Waals surface area (Å²) < 4.78 is 12.9. The molecule has 0 saturated carbocycles. The monoisotopic (exact) mass is 305 g/mol. The number of nitrogens with one attached hydrogen (secondary N) is 1. The van der Waals surface area contributed by atoms with Crippen LogP contribution in [0.3, 0.4) is 0 Å². The van der Waals surface area contributed by atoms with Crippen LogP contribution in [0.1, 0.15) is 6.92 Å². The van der Waals surface area contributed by atoms with Gasteiger partial charge < -0.3 is 10.4 Å². The minimum Gasteiger partial charge on any atom is -0.481 e. The molecule has 1 unspecified atom stereocenters. The lowest BCUT2D eigenvalue weighted by Gasteiger charge is -2.07. The number of anilines is 1. The molecule has 0 aliphatic rings. The Morgan fingerprint density at radius 1 is 1.53 bits per heavy atom. The average Bonchev–Trinajstić information content (AvgIpc) is 2.33. The van der Waals surface area contributed by atoms with Crippen LogP contribution in [0.25, 0.3) is 0 Å². The van der Waals surface area contributed by atoms with E-state index < -0.39 is 17.7 Å². The van der Waals surface area contributed by atoms with Crippen molar-refractivity contribution in [1.82, 2.24) is 0 Å². The van der Waals surface area contributed by atoms with E-state index in [1.807, 2.05) is 0 Å². The van der Waals surface area contributed by atoms with Crippen molar-refractivity contribution in [2.24, 2.45) is 5.92 Å². The second-order valence-corrected chi connectivity index (χ2v) is 5.37. The number of carboxylic acid groups (broad SMARTS) is 1. The number of aliphatic carboxylic acids is 1. The third-order valence-electron chi connectivity index (χ3n) is 2.23. The number of halogens is 2. The van der Waals surface area contributed by atoms with Crippen molar-refractivity contribution in [2.75, 3.05) is 16.8 Å². The molecule has 0 spiro atoms. The molecule has 1 aromatic carbocycles. The van der Waals surface area contributed by atoms with Crippen molar-refractivity contribution >= 4 is 40.9 Å². The van der Waals surface area contributed by atoms with Gasteiger partial charge in [-0.1, -0.05) is 18.5 Å². The summed E-state index contributed by atoms with van der Waals surface area (Å²) in [6.45, 7) is 1.58. The summed E-state index contributed by atoms with van der Waals surface area (Å²) in [6.07, 6.45) is 0. The average molecular weight is 306 g/mol. The third-order valence-corrected chi connectivity index (χ3v) is 3.72. The highest BCUT2D eigenvalue weighted by Crippen LogP contribution is 2.19. The molecule has 19 heavy (non-hydrogen) atoms. The van der Waals surface area contributed by atoms with Gasteiger partial charge in [0.05, 0.1) is 16.7 Å². The molecule has 2 N–H and O–H groups in total. The topological polar surface area (TPSA) is 66.4 Å². The molecule has 1 rings (SSSR count). The summed E-state index contributed by atoms with van der Waals surface area (Å²) in [4.78, 5) is 22.1. The Balaban J connectivity index is 2.39. The molecule has 1 aromatic rings. The van der Waals surface area contributed by atoms with Crippen LogP contribution in [-0.4, -0.2) is 28.5 Å². The largest absolute Gasteiger partial charge is 0.481 e. The number of hydrogen-bond donors (Lipinski definition) is 2. The Kier molecular flexibility index (Phi) is 6.11. The van der Waals surface area contributed by atoms with Gasteiger partial charge in [0.25, 0.3) is 0 Å². The van der Waals surface area contributed by atoms with Crippen LogP contribution in [0.5, 0.6) is 0 Å². The van der Waals surface area contributed by atoms with E-state index in [0.29, 0.717) is 11.4 Å². The summed E-state index contributed by atoms with van der Waals surface area (Å²) in [6, 6.07) is 3.89. The number of thioether (sulfide) groups is 1. The summed E-state index contributed by atoms with van der Waals surface area (Å²) in [5.41, 5.74) is 0.406. The predicted octanol–water partition coefficient (Wildman–Crippen LogP) is 2.87. The van der Waals surface area contributed by atoms with Crippen molar-refractivity contribution < 1.29 is 19.1 Å². The number of hydrogen-bond acceptors (Lipinski definition) is 3. The summed E-state index contributed by atoms with van der Waals surface area (Å²) in [5, 5.41) is 11.2. The number of rotatable bonds is 6. The Labute approximate surface area is 119 Å². The lowest BCUT2D eigenvalue weighted by atomic mass is 10.2. The molecule has 1 atom stereocenters. The quantitative estimate of drug-likeness (QED) is 0.848. The molecule has 0 aliphatic carbocycles. The standard InChI is InChI=1S/C12H13ClFNO3S/c1-7(12(17)18)5-19-6-11(16)15-8-2-3-10(14)9(13)4-8/h2-4,7H,5-6H2,1H3,(H,15,16)(H,17,18). The minimum absolute atomic E-state index is 0.0649. The van der Waals surface area contributed by atoms with Crippen molar-refractivity contribution in [2.45, 2.75) is 6.92 Å². The highest BCUT2D eigenvalue weighted by Gasteiger charge is 2.12. The summed E-state index contributed by atoms with van der Waals surface area (Å²) in [7, 11) is 0. The lowest BCUT2D eigenvalue weighted by molar-refractivity contribution is -0.140. The first-order chi connectivity index (χ1) is 8.90. The zero-order valence-electron chi connectivity index (χ0n) is 10.2. The molecule has 4 nitrogen and oxygen atoms in total. The number of benzene rings is 1. The Hall–Kier alpha value is -1.27. The fourth-order valence-electron chi connectivity index (χ4n) is 1.17. The van der Waals surface area contributed by atoms with Crippen LogP contribution in [-0.2, 0) is 9.59 Å². The van der Waals surface area contributed by atoms with E-state index in [1.165, 1.54) is 23.9 Å². The van der Waals surface area contributed by atoms with E-state index in [9.17, 15) is 14.0 Å². The van der Waals surface area contributed by atoms with Crippen LogP contribution in [0.15, 0.2) is 18.2 Å². The van der Waals surface area contributed by atoms with Gasteiger partial charge in [0.15, 0.2) is 0 Å². The molecule has 0 aliphatic heterocycles. The second-order valence-electron chi connectivity index (χ2n) is 3.93. The lowest BCUT2D eigenvalue weighted by Crippen LogP contribution is -2.17. The summed E-state index contributed by atoms with van der Waals surface area (Å²) >= 11 is 6.81. The molecule has 7 heteroatoms. The van der Waals surface area contributed by atoms with Crippen LogP contribution >= 0.6 is 23.4 Å². The molecular formula is C12H13ClFNO3S. The second kappa shape index (κ2) is 7.35. The Morgan fingerprint density at radius 2 is 2.21 bits per heavy atom. The Bertz CT molecular complexity index is 484. The maximum Gasteiger partial charge on any atom is 0.307 e. The van der Waals surface area contributed by atoms with Crippen LogP contribution in [0.2, 0.25) is 5.02 Å². The number of carbonyl (C=O) groups is 2. The van der Waals surface area contributed by atoms with Gasteiger partial charge in [-0.25, -0.2) is 4.39 Å². The smallest absolute Gasteiger partial charge is 0.307 e. The van der Waals surface area contributed by atoms with Gasteiger partial charge in [-0.3, -0.25) is 9.59 Å². The van der Waals surface area contributed by atoms with E-state index in [-0.39, 0.29) is 16.7 Å². The first-order valence-corrected chi connectivity index (χ1v) is 6.99. The van der Waals surface area contributed by atoms with Gasteiger partial charge in [-0.05, 0) is 18.2 Å². The van der Waals surface area contributed by atoms with Gasteiger partial charge >= 0.3 is 5.97 Å². The maximum atomic E-state index is 12.9. The van der Waals surface area contributed by atoms with E-state index in [4.69, 9.17) is 16.7 Å². The van der Waals surface area contributed by atoms with Gasteiger partial charge in [0.2, 0.25) is 5.91 Å². The highest BCUT2D eigenvalue weighted by molar-refractivity contribution is 8.00. The zero-order valence-corrected chi connectivity index (χ0v) is 11.7. The highest BCUT2D eigenvalue weighted by atomic mass is 35.5. The molecule has 104 valence electrons. The van der Waals surface area contributed by atoms with Gasteiger partial charge in [0, 0.05) is 11.4 Å². The van der Waals surface area contributed by atoms with Crippen LogP contribution < -0.4 is 5.32 Å². The molecule has 1 amide bonds. The third kappa shape index (κ3) is 5.48. The maximum absolute atomic E-state index is 12.9. The van der Waals surface area contributed by atoms with Crippen molar-refractivity contribution in [3.63, 3.8) is 0 Å². The molecule has 0 fully saturated rings. The van der Waals surface area contributed by atoms with Crippen LogP contribution in [0.4, 0.5) is 10.1 Å². The van der Waals surface area contributed by atoms with Crippen molar-refractivity contribution in [3.05, 3.63) is 29.0 Å². The van der Waals surface area contributed by atoms with Crippen LogP contribution in [0, 0.1) is 11.7 Å². The molecule has 0 heterocycles. The van der Waals surface area contributed by atoms with E-state index in [1.54, 1.807) is 6.92 Å². The SMILES string of the molecule is CC(CSCC(=O)Nc1ccc(F)c(Cl)c1)C(=O)O. The Morgan fingerprint density at radius 3 is 2.79 bits per heavy atom. The zero-order chi connectivity index (χ0) is 14.4. The predicted molar refractivity (Wildman–Crippen MR) is 74.2 cm³/mol. The normalized spacial score (nSPS) is 11.9. The van der Waals surface area contributed by atoms with Crippen molar-refractivity contribution in [1.29, 1.82) is 0 Å². The number of carbonyl (C=O) groups excluding carboxylic acids is 1. The first-order valence-electron chi connectivity index (χ1n) is 5.45. The van der Waals surface area contributed by atoms with E-state index in [2.05, 4.69) is 5.32 Å². The molecule has 0 radical (unpaired) electrons. The molecule has 0 saturated heterocycles. The minimum atomic E-state index is -0.891. The molecular weight excluding hydrogens is 293 g/mol. The van der Waals surface area contributed by atoms with E-state index in [0.717, 1.165) is 6.07 Å². The fraction of sp³-hybridized carbons (Fsp3) is 0.333. The number of carboxylic acids is 1. The summed E-state index contributed by atoms with van der Waals surface area (Å²) in [5.74, 6) is -1.75. The first kappa shape index (κ1) is 15.8. The number of amides is 1. The molecule has 0 aromatic heterocycles. The van der Waals surface area contributed by atoms with Gasteiger partial charge in [0.1, 0.15) is 5.82 Å². The fourth-order valence-corrected chi connectivity index (χ4v) is 2.22. The van der Waals surface area contributed by atoms with Gasteiger partial charge in [-0.2, -0.15) is 11.8 Å². The van der Waals surface area contributed by atoms with Crippen molar-refractivity contribution in [3.8, 4) is 0 Å². The molecule has 0 bridgehead atoms.